The molecule has 3 rings (SSSR count). The highest BCUT2D eigenvalue weighted by Crippen LogP contribution is 2.27. The van der Waals surface area contributed by atoms with Crippen molar-refractivity contribution >= 4 is 17.7 Å². The van der Waals surface area contributed by atoms with Gasteiger partial charge in [0.15, 0.2) is 0 Å². The van der Waals surface area contributed by atoms with Crippen molar-refractivity contribution in [2.75, 3.05) is 44.2 Å². The minimum Gasteiger partial charge on any atom is -0.358 e. The van der Waals surface area contributed by atoms with Gasteiger partial charge in [-0.2, -0.15) is 0 Å². The predicted octanol–water partition coefficient (Wildman–Crippen LogP) is 1.06. The largest absolute Gasteiger partial charge is 0.406 e. The molecule has 9 heteroatoms. The molecule has 9 nitrogen and oxygen atoms in total. The lowest BCUT2D eigenvalue weighted by atomic mass is 10.1. The molecule has 0 saturated carbocycles. The van der Waals surface area contributed by atoms with Crippen LogP contribution in [0.5, 0.6) is 0 Å². The molecule has 0 aromatic carbocycles. The van der Waals surface area contributed by atoms with Crippen LogP contribution in [0, 0.1) is 10.1 Å². The maximum atomic E-state index is 12.5. The van der Waals surface area contributed by atoms with Crippen LogP contribution in [-0.2, 0) is 7.05 Å². The number of carbonyl (C=O) groups is 1. The second-order valence-electron chi connectivity index (χ2n) is 6.06. The van der Waals surface area contributed by atoms with Crippen LogP contribution in [-0.4, -0.2) is 69.6 Å². The average molecular weight is 322 g/mol. The third kappa shape index (κ3) is 3.08. The van der Waals surface area contributed by atoms with Gasteiger partial charge in [0.05, 0.1) is 0 Å². The first-order valence-corrected chi connectivity index (χ1v) is 8.02. The molecule has 1 aromatic heterocycles. The number of nitrogens with zero attached hydrogens (tertiary/aromatic N) is 6. The van der Waals surface area contributed by atoms with E-state index in [9.17, 15) is 14.9 Å². The van der Waals surface area contributed by atoms with Crippen molar-refractivity contribution in [2.45, 2.75) is 19.3 Å². The molecule has 2 saturated heterocycles. The van der Waals surface area contributed by atoms with Crippen molar-refractivity contribution in [1.29, 1.82) is 0 Å². The molecule has 2 amide bonds. The van der Waals surface area contributed by atoms with Crippen LogP contribution >= 0.6 is 0 Å². The van der Waals surface area contributed by atoms with E-state index in [0.717, 1.165) is 25.9 Å². The molecule has 0 spiro atoms. The normalized spacial score (nSPS) is 19.1. The highest BCUT2D eigenvalue weighted by atomic mass is 16.6. The molecule has 0 bridgehead atoms. The lowest BCUT2D eigenvalue weighted by Gasteiger charge is -2.38. The quantitative estimate of drug-likeness (QED) is 0.600. The van der Waals surface area contributed by atoms with Crippen LogP contribution < -0.4 is 4.90 Å². The Kier molecular flexibility index (Phi) is 4.35. The van der Waals surface area contributed by atoms with Gasteiger partial charge in [0.25, 0.3) is 0 Å². The number of carbonyl (C=O) groups excluding carboxylic acids is 1. The first kappa shape index (κ1) is 15.6. The maximum absolute atomic E-state index is 12.5. The Balaban J connectivity index is 1.63. The zero-order valence-corrected chi connectivity index (χ0v) is 13.3. The fourth-order valence-corrected chi connectivity index (χ4v) is 3.30. The van der Waals surface area contributed by atoms with E-state index in [0.29, 0.717) is 32.0 Å². The summed E-state index contributed by atoms with van der Waals surface area (Å²) in [6.07, 6.45) is 4.81. The van der Waals surface area contributed by atoms with Crippen molar-refractivity contribution in [3.63, 3.8) is 0 Å². The fraction of sp³-hybridized carbons (Fsp3) is 0.714. The van der Waals surface area contributed by atoms with E-state index >= 15 is 0 Å². The van der Waals surface area contributed by atoms with Gasteiger partial charge in [0.2, 0.25) is 12.1 Å². The van der Waals surface area contributed by atoms with E-state index in [2.05, 4.69) is 4.98 Å². The monoisotopic (exact) mass is 322 g/mol. The predicted molar refractivity (Wildman–Crippen MR) is 84.5 cm³/mol. The number of piperidine rings is 1. The Morgan fingerprint density at radius 2 is 1.70 bits per heavy atom. The minimum atomic E-state index is -0.458. The van der Waals surface area contributed by atoms with Gasteiger partial charge in [-0.25, -0.2) is 4.79 Å². The number of hydrogen-bond donors (Lipinski definition) is 0. The van der Waals surface area contributed by atoms with Crippen molar-refractivity contribution in [1.82, 2.24) is 19.4 Å². The first-order valence-electron chi connectivity index (χ1n) is 8.02. The van der Waals surface area contributed by atoms with Crippen LogP contribution in [0.4, 0.5) is 16.4 Å². The third-order valence-corrected chi connectivity index (χ3v) is 4.54. The van der Waals surface area contributed by atoms with Crippen molar-refractivity contribution in [3.8, 4) is 0 Å². The molecule has 126 valence electrons. The molecular formula is C14H22N6O3. The number of aryl methyl sites for hydroxylation is 1. The topological polar surface area (TPSA) is 87.7 Å². The number of amides is 2. The molecule has 0 N–H and O–H groups in total. The number of aromatic nitrogens is 2. The summed E-state index contributed by atoms with van der Waals surface area (Å²) in [5.41, 5.74) is 0. The van der Waals surface area contributed by atoms with E-state index in [1.54, 1.807) is 11.6 Å². The number of nitro groups is 1. The summed E-state index contributed by atoms with van der Waals surface area (Å²) in [5, 5.41) is 11.1. The van der Waals surface area contributed by atoms with Crippen LogP contribution in [0.15, 0.2) is 6.33 Å². The average Bonchev–Trinajstić information content (AvgIpc) is 2.97. The third-order valence-electron chi connectivity index (χ3n) is 4.54. The standard InChI is InChI=1S/C14H22N6O3/c1-16-11-15-12(20(22)23)13(16)17-7-9-19(10-8-17)14(21)18-5-3-2-4-6-18/h11H,2-10H2,1H3. The number of likely N-dealkylation sites (tertiary alicyclic amines) is 1. The molecule has 0 aliphatic carbocycles. The van der Waals surface area contributed by atoms with Crippen molar-refractivity contribution < 1.29 is 9.72 Å². The Hall–Kier alpha value is -2.32. The van der Waals surface area contributed by atoms with Gasteiger partial charge in [-0.1, -0.05) is 0 Å². The summed E-state index contributed by atoms with van der Waals surface area (Å²) in [6.45, 7) is 4.01. The molecule has 0 unspecified atom stereocenters. The maximum Gasteiger partial charge on any atom is 0.406 e. The molecule has 2 aliphatic heterocycles. The second kappa shape index (κ2) is 6.43. The Bertz CT molecular complexity index is 587. The van der Waals surface area contributed by atoms with E-state index in [1.165, 1.54) is 12.7 Å². The lowest BCUT2D eigenvalue weighted by Crippen LogP contribution is -2.54. The van der Waals surface area contributed by atoms with Crippen LogP contribution in [0.2, 0.25) is 0 Å². The van der Waals surface area contributed by atoms with Gasteiger partial charge >= 0.3 is 11.8 Å². The minimum absolute atomic E-state index is 0.101. The highest BCUT2D eigenvalue weighted by molar-refractivity contribution is 5.75. The Morgan fingerprint density at radius 1 is 1.09 bits per heavy atom. The van der Waals surface area contributed by atoms with Gasteiger partial charge < -0.3 is 24.8 Å². The fourth-order valence-electron chi connectivity index (χ4n) is 3.30. The lowest BCUT2D eigenvalue weighted by molar-refractivity contribution is -0.388. The van der Waals surface area contributed by atoms with Gasteiger partial charge in [0.1, 0.15) is 0 Å². The van der Waals surface area contributed by atoms with Crippen molar-refractivity contribution in [2.24, 2.45) is 7.05 Å². The number of anilines is 1. The molecule has 0 atom stereocenters. The molecular weight excluding hydrogens is 300 g/mol. The molecule has 23 heavy (non-hydrogen) atoms. The zero-order valence-electron chi connectivity index (χ0n) is 13.3. The van der Waals surface area contributed by atoms with E-state index in [1.807, 2.05) is 14.7 Å². The second-order valence-corrected chi connectivity index (χ2v) is 6.06. The number of urea groups is 1. The number of hydrogen-bond acceptors (Lipinski definition) is 5. The molecule has 2 aliphatic rings. The van der Waals surface area contributed by atoms with Crippen LogP contribution in [0.1, 0.15) is 19.3 Å². The highest BCUT2D eigenvalue weighted by Gasteiger charge is 2.31. The summed E-state index contributed by atoms with van der Waals surface area (Å²) < 4.78 is 1.67. The van der Waals surface area contributed by atoms with Crippen LogP contribution in [0.3, 0.4) is 0 Å². The number of piperazine rings is 1. The zero-order chi connectivity index (χ0) is 16.4. The summed E-state index contributed by atoms with van der Waals surface area (Å²) in [7, 11) is 1.75. The summed E-state index contributed by atoms with van der Waals surface area (Å²) in [6, 6.07) is 0.101. The van der Waals surface area contributed by atoms with E-state index < -0.39 is 4.92 Å². The molecule has 2 fully saturated rings. The summed E-state index contributed by atoms with van der Waals surface area (Å²) in [4.78, 5) is 32.7. The van der Waals surface area contributed by atoms with Crippen molar-refractivity contribution in [3.05, 3.63) is 16.4 Å². The smallest absolute Gasteiger partial charge is 0.358 e. The van der Waals surface area contributed by atoms with Gasteiger partial charge in [-0.05, 0) is 29.2 Å². The first-order chi connectivity index (χ1) is 11.1. The number of imidazole rings is 1. The van der Waals surface area contributed by atoms with E-state index in [-0.39, 0.29) is 11.8 Å². The van der Waals surface area contributed by atoms with Gasteiger partial charge in [-0.3, -0.25) is 4.57 Å². The van der Waals surface area contributed by atoms with E-state index in [4.69, 9.17) is 0 Å². The molecule has 0 radical (unpaired) electrons. The van der Waals surface area contributed by atoms with Gasteiger partial charge in [0, 0.05) is 46.3 Å². The summed E-state index contributed by atoms with van der Waals surface area (Å²) in [5.74, 6) is 0.392. The molecule has 1 aromatic rings. The number of rotatable bonds is 2. The van der Waals surface area contributed by atoms with Gasteiger partial charge in [-0.15, -0.1) is 0 Å². The Morgan fingerprint density at radius 3 is 2.30 bits per heavy atom. The Labute approximate surface area is 134 Å². The molecule has 3 heterocycles. The summed E-state index contributed by atoms with van der Waals surface area (Å²) >= 11 is 0. The van der Waals surface area contributed by atoms with Crippen LogP contribution in [0.25, 0.3) is 0 Å². The SMILES string of the molecule is Cn1cnc([N+](=O)[O-])c1N1CCN(C(=O)N2CCCCC2)CC1.